The lowest BCUT2D eigenvalue weighted by molar-refractivity contribution is -0.119. The molecule has 5 nitrogen and oxygen atoms in total. The van der Waals surface area contributed by atoms with E-state index in [4.69, 9.17) is 10.5 Å². The van der Waals surface area contributed by atoms with Crippen LogP contribution in [0.3, 0.4) is 0 Å². The molecule has 1 amide bonds. The van der Waals surface area contributed by atoms with Crippen molar-refractivity contribution in [2.45, 2.75) is 64.4 Å². The third-order valence-corrected chi connectivity index (χ3v) is 5.83. The Morgan fingerprint density at radius 2 is 1.58 bits per heavy atom. The third-order valence-electron chi connectivity index (χ3n) is 5.83. The summed E-state index contributed by atoms with van der Waals surface area (Å²) in [7, 11) is 0. The molecule has 1 fully saturated rings. The molecule has 31 heavy (non-hydrogen) atoms. The molecule has 3 rings (SSSR count). The number of nitrogens with zero attached hydrogens (tertiary/aromatic N) is 1. The molecule has 1 aliphatic rings. The van der Waals surface area contributed by atoms with Crippen molar-refractivity contribution in [3.63, 3.8) is 0 Å². The average molecular weight is 423 g/mol. The van der Waals surface area contributed by atoms with Crippen LogP contribution in [0.2, 0.25) is 0 Å². The third kappa shape index (κ3) is 5.66. The highest BCUT2D eigenvalue weighted by Crippen LogP contribution is 2.38. The molecule has 1 aliphatic heterocycles. The molecule has 2 unspecified atom stereocenters. The second-order valence-corrected chi connectivity index (χ2v) is 9.40. The molecule has 0 aromatic heterocycles. The molecule has 2 aromatic rings. The number of esters is 1. The van der Waals surface area contributed by atoms with Gasteiger partial charge < -0.3 is 15.4 Å². The van der Waals surface area contributed by atoms with E-state index in [1.165, 1.54) is 24.9 Å². The number of para-hydroxylation sites is 1. The number of anilines is 1. The van der Waals surface area contributed by atoms with E-state index < -0.39 is 11.5 Å². The maximum Gasteiger partial charge on any atom is 0.338 e. The van der Waals surface area contributed by atoms with Crippen LogP contribution in [0.15, 0.2) is 48.5 Å². The smallest absolute Gasteiger partial charge is 0.338 e. The van der Waals surface area contributed by atoms with Gasteiger partial charge in [-0.05, 0) is 75.3 Å². The zero-order valence-corrected chi connectivity index (χ0v) is 19.1. The Labute approximate surface area is 185 Å². The second-order valence-electron chi connectivity index (χ2n) is 9.40. The summed E-state index contributed by atoms with van der Waals surface area (Å²) in [5.74, 6) is -1.33. The van der Waals surface area contributed by atoms with Crippen molar-refractivity contribution in [1.29, 1.82) is 0 Å². The molecule has 2 N–H and O–H groups in total. The molecular weight excluding hydrogens is 388 g/mol. The minimum atomic E-state index is -0.557. The number of nitrogens with two attached hydrogens (primary N) is 1. The van der Waals surface area contributed by atoms with Crippen molar-refractivity contribution in [3.8, 4) is 0 Å². The van der Waals surface area contributed by atoms with Crippen molar-refractivity contribution in [1.82, 2.24) is 0 Å². The van der Waals surface area contributed by atoms with Crippen molar-refractivity contribution < 1.29 is 14.3 Å². The predicted molar refractivity (Wildman–Crippen MR) is 124 cm³/mol. The first kappa shape index (κ1) is 22.9. The summed E-state index contributed by atoms with van der Waals surface area (Å²) in [5.41, 5.74) is 8.90. The van der Waals surface area contributed by atoms with E-state index in [0.717, 1.165) is 24.2 Å². The largest absolute Gasteiger partial charge is 0.456 e. The Morgan fingerprint density at radius 1 is 0.968 bits per heavy atom. The Morgan fingerprint density at radius 3 is 2.16 bits per heavy atom. The van der Waals surface area contributed by atoms with Crippen molar-refractivity contribution in [2.75, 3.05) is 18.0 Å². The van der Waals surface area contributed by atoms with E-state index in [2.05, 4.69) is 30.0 Å². The Hall–Kier alpha value is -2.82. The van der Waals surface area contributed by atoms with Crippen LogP contribution in [-0.2, 0) is 9.53 Å². The summed E-state index contributed by atoms with van der Waals surface area (Å²) in [6.45, 7) is 9.64. The van der Waals surface area contributed by atoms with E-state index in [1.54, 1.807) is 12.1 Å². The number of ether oxygens (including phenoxy) is 1. The first-order valence-corrected chi connectivity index (χ1v) is 11.1. The molecule has 5 heteroatoms. The molecule has 0 aliphatic carbocycles. The normalized spacial score (nSPS) is 16.5. The van der Waals surface area contributed by atoms with E-state index in [0.29, 0.717) is 5.56 Å². The van der Waals surface area contributed by atoms with Crippen LogP contribution in [-0.4, -0.2) is 30.6 Å². The summed E-state index contributed by atoms with van der Waals surface area (Å²) in [4.78, 5) is 27.3. The molecular formula is C26H34N2O3. The summed E-state index contributed by atoms with van der Waals surface area (Å²) < 4.78 is 5.44. The highest BCUT2D eigenvalue weighted by atomic mass is 16.6. The first-order valence-electron chi connectivity index (χ1n) is 11.1. The summed E-state index contributed by atoms with van der Waals surface area (Å²) in [6, 6.07) is 15.4. The highest BCUT2D eigenvalue weighted by Gasteiger charge is 2.29. The van der Waals surface area contributed by atoms with E-state index >= 15 is 0 Å². The van der Waals surface area contributed by atoms with Crippen LogP contribution in [0.1, 0.15) is 80.3 Å². The summed E-state index contributed by atoms with van der Waals surface area (Å²) in [5, 5.41) is 0. The number of benzene rings is 2. The predicted octanol–water partition coefficient (Wildman–Crippen LogP) is 5.00. The molecule has 2 aromatic carbocycles. The maximum atomic E-state index is 12.5. The van der Waals surface area contributed by atoms with Gasteiger partial charge in [0.25, 0.3) is 0 Å². The van der Waals surface area contributed by atoms with E-state index in [-0.39, 0.29) is 17.8 Å². The maximum absolute atomic E-state index is 12.5. The van der Waals surface area contributed by atoms with Crippen LogP contribution in [0.25, 0.3) is 0 Å². The zero-order valence-electron chi connectivity index (χ0n) is 19.1. The topological polar surface area (TPSA) is 72.6 Å². The molecule has 0 saturated carbocycles. The Kier molecular flexibility index (Phi) is 7.04. The Balaban J connectivity index is 1.88. The van der Waals surface area contributed by atoms with Crippen LogP contribution in [0.4, 0.5) is 5.69 Å². The lowest BCUT2D eigenvalue weighted by atomic mass is 9.81. The van der Waals surface area contributed by atoms with Gasteiger partial charge in [-0.3, -0.25) is 4.79 Å². The molecule has 1 saturated heterocycles. The van der Waals surface area contributed by atoms with Gasteiger partial charge in [-0.2, -0.15) is 0 Å². The van der Waals surface area contributed by atoms with Gasteiger partial charge in [0.2, 0.25) is 5.91 Å². The molecule has 2 atom stereocenters. The molecule has 0 radical (unpaired) electrons. The minimum absolute atomic E-state index is 0.0944. The molecule has 166 valence electrons. The number of piperidine rings is 1. The molecule has 0 bridgehead atoms. The van der Waals surface area contributed by atoms with Crippen LogP contribution in [0, 0.1) is 0 Å². The second kappa shape index (κ2) is 9.54. The SMILES string of the molecule is CC(c1ccccc1N1CCCCC1)C(C(N)=O)c1ccc(C(=O)OC(C)(C)C)cc1. The number of amides is 1. The van der Waals surface area contributed by atoms with Gasteiger partial charge in [0.05, 0.1) is 11.5 Å². The minimum Gasteiger partial charge on any atom is -0.456 e. The summed E-state index contributed by atoms with van der Waals surface area (Å²) >= 11 is 0. The zero-order chi connectivity index (χ0) is 22.6. The van der Waals surface area contributed by atoms with Gasteiger partial charge in [-0.1, -0.05) is 37.3 Å². The number of carbonyl (C=O) groups excluding carboxylic acids is 2. The number of rotatable bonds is 6. The van der Waals surface area contributed by atoms with E-state index in [1.807, 2.05) is 39.0 Å². The van der Waals surface area contributed by atoms with Gasteiger partial charge in [-0.25, -0.2) is 4.79 Å². The van der Waals surface area contributed by atoms with Gasteiger partial charge >= 0.3 is 5.97 Å². The highest BCUT2D eigenvalue weighted by molar-refractivity contribution is 5.90. The van der Waals surface area contributed by atoms with Crippen molar-refractivity contribution in [2.24, 2.45) is 5.73 Å². The quantitative estimate of drug-likeness (QED) is 0.665. The first-order chi connectivity index (χ1) is 14.7. The van der Waals surface area contributed by atoms with Gasteiger partial charge in [-0.15, -0.1) is 0 Å². The number of primary amides is 1. The fourth-order valence-corrected chi connectivity index (χ4v) is 4.34. The number of hydrogen-bond donors (Lipinski definition) is 1. The number of hydrogen-bond acceptors (Lipinski definition) is 4. The van der Waals surface area contributed by atoms with Crippen LogP contribution in [0.5, 0.6) is 0 Å². The van der Waals surface area contributed by atoms with Crippen molar-refractivity contribution >= 4 is 17.6 Å². The summed E-state index contributed by atoms with van der Waals surface area (Å²) in [6.07, 6.45) is 3.64. The van der Waals surface area contributed by atoms with Crippen molar-refractivity contribution in [3.05, 3.63) is 65.2 Å². The standard InChI is InChI=1S/C26H34N2O3/c1-18(21-10-6-7-11-22(21)28-16-8-5-9-17-28)23(24(27)29)19-12-14-20(15-13-19)25(30)31-26(2,3)4/h6-7,10-15,18,23H,5,8-9,16-17H2,1-4H3,(H2,27,29). The van der Waals surface area contributed by atoms with Gasteiger partial charge in [0.15, 0.2) is 0 Å². The van der Waals surface area contributed by atoms with Gasteiger partial charge in [0.1, 0.15) is 5.60 Å². The van der Waals surface area contributed by atoms with Gasteiger partial charge in [0, 0.05) is 18.8 Å². The Bertz CT molecular complexity index is 909. The van der Waals surface area contributed by atoms with Crippen LogP contribution < -0.4 is 10.6 Å². The van der Waals surface area contributed by atoms with E-state index in [9.17, 15) is 9.59 Å². The van der Waals surface area contributed by atoms with Crippen LogP contribution >= 0.6 is 0 Å². The lowest BCUT2D eigenvalue weighted by Gasteiger charge is -2.33. The molecule has 0 spiro atoms. The fraction of sp³-hybridized carbons (Fsp3) is 0.462. The fourth-order valence-electron chi connectivity index (χ4n) is 4.34. The molecule has 1 heterocycles. The monoisotopic (exact) mass is 422 g/mol. The lowest BCUT2D eigenvalue weighted by Crippen LogP contribution is -2.32. The average Bonchev–Trinajstić information content (AvgIpc) is 2.73. The number of carbonyl (C=O) groups is 2.